The van der Waals surface area contributed by atoms with Gasteiger partial charge in [0.1, 0.15) is 5.00 Å². The first-order chi connectivity index (χ1) is 14.7. The van der Waals surface area contributed by atoms with Crippen molar-refractivity contribution in [1.82, 2.24) is 33.8 Å². The quantitative estimate of drug-likeness (QED) is 0.510. The van der Waals surface area contributed by atoms with Crippen molar-refractivity contribution in [2.45, 2.75) is 38.5 Å². The Balaban J connectivity index is 1.24. The smallest absolute Gasteiger partial charge is 0.180 e. The van der Waals surface area contributed by atoms with Gasteiger partial charge in [0, 0.05) is 37.6 Å². The number of imidazole rings is 1. The van der Waals surface area contributed by atoms with E-state index in [0.29, 0.717) is 12.2 Å². The minimum atomic E-state index is 0.398. The van der Waals surface area contributed by atoms with Crippen molar-refractivity contribution in [3.05, 3.63) is 42.2 Å². The molecule has 2 fully saturated rings. The van der Waals surface area contributed by atoms with E-state index in [2.05, 4.69) is 40.8 Å². The van der Waals surface area contributed by atoms with Crippen LogP contribution in [0.15, 0.2) is 30.9 Å². The zero-order valence-electron chi connectivity index (χ0n) is 16.6. The van der Waals surface area contributed by atoms with Crippen molar-refractivity contribution in [1.29, 1.82) is 0 Å². The highest BCUT2D eigenvalue weighted by Gasteiger charge is 2.33. The molecule has 4 aromatic rings. The summed E-state index contributed by atoms with van der Waals surface area (Å²) in [7, 11) is 0. The molecule has 6 rings (SSSR count). The molecule has 0 aromatic carbocycles. The Bertz CT molecular complexity index is 1170. The van der Waals surface area contributed by atoms with E-state index in [1.807, 2.05) is 29.9 Å². The van der Waals surface area contributed by atoms with Crippen LogP contribution in [0.5, 0.6) is 0 Å². The van der Waals surface area contributed by atoms with Crippen LogP contribution in [0, 0.1) is 6.92 Å². The molecular weight excluding hydrogens is 400 g/mol. The Hall–Kier alpha value is -2.82. The van der Waals surface area contributed by atoms with Gasteiger partial charge in [0.05, 0.1) is 41.7 Å². The molecule has 0 amide bonds. The lowest BCUT2D eigenvalue weighted by molar-refractivity contribution is -0.0413. The van der Waals surface area contributed by atoms with Gasteiger partial charge in [-0.05, 0) is 37.4 Å². The highest BCUT2D eigenvalue weighted by molar-refractivity contribution is 7.10. The maximum Gasteiger partial charge on any atom is 0.180 e. The third-order valence-corrected chi connectivity index (χ3v) is 6.45. The highest BCUT2D eigenvalue weighted by atomic mass is 32.1. The predicted octanol–water partition coefficient (Wildman–Crippen LogP) is 2.99. The number of rotatable bonds is 5. The lowest BCUT2D eigenvalue weighted by Gasteiger charge is -2.31. The molecule has 0 aliphatic carbocycles. The number of ether oxygens (including phenoxy) is 1. The second-order valence-electron chi connectivity index (χ2n) is 8.01. The fourth-order valence-electron chi connectivity index (χ4n) is 4.42. The van der Waals surface area contributed by atoms with Gasteiger partial charge >= 0.3 is 0 Å². The molecular formula is C20H22N8OS. The average molecular weight is 423 g/mol. The molecule has 2 aliphatic rings. The van der Waals surface area contributed by atoms with Crippen molar-refractivity contribution >= 4 is 28.0 Å². The summed E-state index contributed by atoms with van der Waals surface area (Å²) in [4.78, 5) is 11.7. The first-order valence-electron chi connectivity index (χ1n) is 10.2. The Morgan fingerprint density at radius 2 is 2.13 bits per heavy atom. The Labute approximate surface area is 177 Å². The van der Waals surface area contributed by atoms with Crippen LogP contribution < -0.4 is 5.32 Å². The first-order valence-corrected chi connectivity index (χ1v) is 10.9. The number of aryl methyl sites for hydroxylation is 1. The SMILES string of the molecule is Cc1cn2c(-c3cn[nH]c3)cnc2c(Nc2cc(CN3C[C@H]4CC[C@@H](C3)O4)ns2)n1. The summed E-state index contributed by atoms with van der Waals surface area (Å²) >= 11 is 1.46. The van der Waals surface area contributed by atoms with E-state index in [1.54, 1.807) is 6.20 Å². The Kier molecular flexibility index (Phi) is 4.29. The number of aromatic amines is 1. The van der Waals surface area contributed by atoms with E-state index in [-0.39, 0.29) is 0 Å². The summed E-state index contributed by atoms with van der Waals surface area (Å²) in [6.07, 6.45) is 10.7. The van der Waals surface area contributed by atoms with Gasteiger partial charge in [-0.3, -0.25) is 14.4 Å². The zero-order valence-corrected chi connectivity index (χ0v) is 17.4. The summed E-state index contributed by atoms with van der Waals surface area (Å²) in [5.74, 6) is 0.726. The third-order valence-electron chi connectivity index (χ3n) is 5.71. The average Bonchev–Trinajstić information content (AvgIpc) is 3.50. The molecule has 2 aliphatic heterocycles. The topological polar surface area (TPSA) is 96.3 Å². The molecule has 2 atom stereocenters. The summed E-state index contributed by atoms with van der Waals surface area (Å²) in [6, 6.07) is 2.11. The number of H-pyrrole nitrogens is 1. The second-order valence-corrected chi connectivity index (χ2v) is 8.82. The maximum absolute atomic E-state index is 5.94. The molecule has 30 heavy (non-hydrogen) atoms. The number of anilines is 2. The van der Waals surface area contributed by atoms with Gasteiger partial charge in [-0.25, -0.2) is 9.97 Å². The van der Waals surface area contributed by atoms with Crippen LogP contribution >= 0.6 is 11.5 Å². The first kappa shape index (κ1) is 18.0. The third kappa shape index (κ3) is 3.26. The van der Waals surface area contributed by atoms with Crippen LogP contribution in [-0.4, -0.2) is 59.1 Å². The number of fused-ring (bicyclic) bond motifs is 3. The number of nitrogens with one attached hydrogen (secondary N) is 2. The van der Waals surface area contributed by atoms with Crippen molar-refractivity contribution < 1.29 is 4.74 Å². The molecule has 0 spiro atoms. The van der Waals surface area contributed by atoms with E-state index in [4.69, 9.17) is 4.74 Å². The monoisotopic (exact) mass is 422 g/mol. The molecule has 9 nitrogen and oxygen atoms in total. The van der Waals surface area contributed by atoms with Crippen LogP contribution in [0.3, 0.4) is 0 Å². The van der Waals surface area contributed by atoms with Gasteiger partial charge in [-0.1, -0.05) is 0 Å². The summed E-state index contributed by atoms with van der Waals surface area (Å²) in [6.45, 7) is 4.84. The fraction of sp³-hybridized carbons (Fsp3) is 0.400. The number of hydrogen-bond donors (Lipinski definition) is 2. The van der Waals surface area contributed by atoms with Gasteiger partial charge in [0.15, 0.2) is 11.5 Å². The van der Waals surface area contributed by atoms with Crippen LogP contribution in [0.2, 0.25) is 0 Å². The van der Waals surface area contributed by atoms with E-state index in [0.717, 1.165) is 58.7 Å². The van der Waals surface area contributed by atoms with Crippen LogP contribution in [0.4, 0.5) is 10.8 Å². The minimum Gasteiger partial charge on any atom is -0.372 e. The van der Waals surface area contributed by atoms with Crippen LogP contribution in [0.1, 0.15) is 24.2 Å². The van der Waals surface area contributed by atoms with Gasteiger partial charge < -0.3 is 10.1 Å². The summed E-state index contributed by atoms with van der Waals surface area (Å²) < 4.78 is 12.6. The number of nitrogens with zero attached hydrogens (tertiary/aromatic N) is 6. The molecule has 2 N–H and O–H groups in total. The number of likely N-dealkylation sites (tertiary alicyclic amines) is 1. The van der Waals surface area contributed by atoms with Crippen molar-refractivity contribution in [3.8, 4) is 11.3 Å². The lowest BCUT2D eigenvalue weighted by Crippen LogP contribution is -2.42. The highest BCUT2D eigenvalue weighted by Crippen LogP contribution is 2.30. The summed E-state index contributed by atoms with van der Waals surface area (Å²) in [5, 5.41) is 11.3. The Morgan fingerprint density at radius 3 is 2.93 bits per heavy atom. The van der Waals surface area contributed by atoms with Crippen molar-refractivity contribution in [3.63, 3.8) is 0 Å². The molecule has 6 heterocycles. The standard InChI is InChI=1S/C20H22N8OS/c1-12-8-28-17(13-5-22-23-6-13)7-21-20(28)19(24-12)25-18-4-14(26-30-18)9-27-10-15-2-3-16(11-27)29-15/h4-8,15-16H,2-3,9-11H2,1H3,(H,22,23)(H,24,25)/t15-,16+. The largest absolute Gasteiger partial charge is 0.372 e. The molecule has 2 bridgehead atoms. The number of aromatic nitrogens is 6. The van der Waals surface area contributed by atoms with Crippen molar-refractivity contribution in [2.24, 2.45) is 0 Å². The van der Waals surface area contributed by atoms with Crippen LogP contribution in [-0.2, 0) is 11.3 Å². The number of morpholine rings is 1. The van der Waals surface area contributed by atoms with Crippen molar-refractivity contribution in [2.75, 3.05) is 18.4 Å². The van der Waals surface area contributed by atoms with E-state index in [1.165, 1.54) is 24.4 Å². The van der Waals surface area contributed by atoms with E-state index < -0.39 is 0 Å². The maximum atomic E-state index is 5.94. The predicted molar refractivity (Wildman–Crippen MR) is 114 cm³/mol. The van der Waals surface area contributed by atoms with Gasteiger partial charge in [0.25, 0.3) is 0 Å². The number of hydrogen-bond acceptors (Lipinski definition) is 8. The second kappa shape index (κ2) is 7.15. The van der Waals surface area contributed by atoms with Gasteiger partial charge in [-0.15, -0.1) is 0 Å². The molecule has 10 heteroatoms. The molecule has 0 saturated carbocycles. The molecule has 0 radical (unpaired) electrons. The Morgan fingerprint density at radius 1 is 1.27 bits per heavy atom. The molecule has 2 saturated heterocycles. The lowest BCUT2D eigenvalue weighted by atomic mass is 10.2. The van der Waals surface area contributed by atoms with Gasteiger partial charge in [-0.2, -0.15) is 9.47 Å². The fourth-order valence-corrected chi connectivity index (χ4v) is 5.07. The van der Waals surface area contributed by atoms with E-state index >= 15 is 0 Å². The zero-order chi connectivity index (χ0) is 20.1. The molecule has 154 valence electrons. The van der Waals surface area contributed by atoms with Crippen LogP contribution in [0.25, 0.3) is 16.9 Å². The van der Waals surface area contributed by atoms with E-state index in [9.17, 15) is 0 Å². The normalized spacial score (nSPS) is 21.5. The van der Waals surface area contributed by atoms with Gasteiger partial charge in [0.2, 0.25) is 0 Å². The molecule has 0 unspecified atom stereocenters. The minimum absolute atomic E-state index is 0.398. The summed E-state index contributed by atoms with van der Waals surface area (Å²) in [5.41, 5.74) is 4.71. The molecule has 4 aromatic heterocycles.